The molecule has 2 aliphatic rings. The maximum absolute atomic E-state index is 14.1. The molecule has 7 heteroatoms. The average Bonchev–Trinajstić information content (AvgIpc) is 3.47. The van der Waals surface area contributed by atoms with E-state index in [9.17, 15) is 18.8 Å². The van der Waals surface area contributed by atoms with E-state index in [-0.39, 0.29) is 17.4 Å². The number of rotatable bonds is 5. The summed E-state index contributed by atoms with van der Waals surface area (Å²) in [4.78, 5) is 42.1. The number of carbonyl (C=O) groups is 3. The van der Waals surface area contributed by atoms with Gasteiger partial charge >= 0.3 is 0 Å². The third-order valence-electron chi connectivity index (χ3n) is 6.05. The summed E-state index contributed by atoms with van der Waals surface area (Å²) in [5.74, 6) is -1.47. The standard InChI is InChI=1S/C24H26FN3O3/c25-19-11-5-4-10-18(19)23(30)28-15-7-13-21(28)24(31)27-14-6-12-20(27)22(29)26-16-17-8-2-1-3-9-17/h1-5,8-11,20-21H,6-7,12-16H2,(H,26,29)/t20-,21-/m1/s1. The third kappa shape index (κ3) is 4.45. The molecule has 6 nitrogen and oxygen atoms in total. The molecule has 2 saturated heterocycles. The third-order valence-corrected chi connectivity index (χ3v) is 6.05. The Morgan fingerprint density at radius 3 is 2.26 bits per heavy atom. The quantitative estimate of drug-likeness (QED) is 0.804. The van der Waals surface area contributed by atoms with Crippen LogP contribution in [0.1, 0.15) is 41.6 Å². The molecule has 1 N–H and O–H groups in total. The van der Waals surface area contributed by atoms with Gasteiger partial charge in [0.25, 0.3) is 5.91 Å². The topological polar surface area (TPSA) is 69.7 Å². The van der Waals surface area contributed by atoms with Crippen molar-refractivity contribution >= 4 is 17.7 Å². The molecular formula is C24H26FN3O3. The summed E-state index contributed by atoms with van der Waals surface area (Å²) < 4.78 is 14.1. The van der Waals surface area contributed by atoms with Gasteiger partial charge in [0, 0.05) is 19.6 Å². The lowest BCUT2D eigenvalue weighted by Gasteiger charge is -2.31. The number of nitrogens with zero attached hydrogens (tertiary/aromatic N) is 2. The van der Waals surface area contributed by atoms with Crippen LogP contribution in [0.3, 0.4) is 0 Å². The van der Waals surface area contributed by atoms with Gasteiger partial charge in [0.05, 0.1) is 5.56 Å². The van der Waals surface area contributed by atoms with Gasteiger partial charge in [0.1, 0.15) is 17.9 Å². The highest BCUT2D eigenvalue weighted by atomic mass is 19.1. The lowest BCUT2D eigenvalue weighted by atomic mass is 10.1. The van der Waals surface area contributed by atoms with E-state index in [1.54, 1.807) is 11.0 Å². The smallest absolute Gasteiger partial charge is 0.257 e. The highest BCUT2D eigenvalue weighted by Gasteiger charge is 2.42. The van der Waals surface area contributed by atoms with Crippen LogP contribution in [0.15, 0.2) is 54.6 Å². The van der Waals surface area contributed by atoms with Crippen molar-refractivity contribution in [2.45, 2.75) is 44.3 Å². The molecule has 0 aliphatic carbocycles. The minimum atomic E-state index is -0.658. The van der Waals surface area contributed by atoms with Crippen LogP contribution in [0, 0.1) is 5.82 Å². The van der Waals surface area contributed by atoms with Crippen molar-refractivity contribution in [1.82, 2.24) is 15.1 Å². The molecule has 2 fully saturated rings. The molecule has 2 aromatic rings. The van der Waals surface area contributed by atoms with Crippen molar-refractivity contribution in [3.05, 3.63) is 71.5 Å². The Hall–Kier alpha value is -3.22. The zero-order valence-electron chi connectivity index (χ0n) is 17.3. The Labute approximate surface area is 181 Å². The number of benzene rings is 2. The first-order valence-corrected chi connectivity index (χ1v) is 10.7. The average molecular weight is 423 g/mol. The summed E-state index contributed by atoms with van der Waals surface area (Å²) in [6.07, 6.45) is 2.53. The molecule has 4 rings (SSSR count). The molecule has 0 unspecified atom stereocenters. The molecule has 3 amide bonds. The predicted octanol–water partition coefficient (Wildman–Crippen LogP) is 2.74. The first-order chi connectivity index (χ1) is 15.1. The summed E-state index contributed by atoms with van der Waals surface area (Å²) in [6.45, 7) is 1.29. The zero-order chi connectivity index (χ0) is 21.8. The molecule has 162 valence electrons. The minimum Gasteiger partial charge on any atom is -0.350 e. The molecule has 0 aromatic heterocycles. The summed E-state index contributed by atoms with van der Waals surface area (Å²) >= 11 is 0. The molecule has 0 saturated carbocycles. The van der Waals surface area contributed by atoms with Crippen LogP contribution in [0.5, 0.6) is 0 Å². The van der Waals surface area contributed by atoms with E-state index in [0.29, 0.717) is 38.9 Å². The van der Waals surface area contributed by atoms with E-state index in [2.05, 4.69) is 5.32 Å². The summed E-state index contributed by atoms with van der Waals surface area (Å²) in [5, 5.41) is 2.92. The van der Waals surface area contributed by atoms with Crippen LogP contribution in [-0.2, 0) is 16.1 Å². The Bertz CT molecular complexity index is 966. The van der Waals surface area contributed by atoms with E-state index in [1.807, 2.05) is 30.3 Å². The second-order valence-electron chi connectivity index (χ2n) is 8.03. The Morgan fingerprint density at radius 1 is 0.871 bits per heavy atom. The molecule has 2 aliphatic heterocycles. The number of halogens is 1. The molecule has 31 heavy (non-hydrogen) atoms. The maximum atomic E-state index is 14.1. The van der Waals surface area contributed by atoms with Crippen molar-refractivity contribution in [3.8, 4) is 0 Å². The van der Waals surface area contributed by atoms with Gasteiger partial charge in [-0.15, -0.1) is 0 Å². The van der Waals surface area contributed by atoms with E-state index in [4.69, 9.17) is 0 Å². The fraction of sp³-hybridized carbons (Fsp3) is 0.375. The number of likely N-dealkylation sites (tertiary alicyclic amines) is 2. The van der Waals surface area contributed by atoms with Gasteiger partial charge in [-0.2, -0.15) is 0 Å². The maximum Gasteiger partial charge on any atom is 0.257 e. The molecule has 2 heterocycles. The fourth-order valence-electron chi connectivity index (χ4n) is 4.45. The number of hydrogen-bond donors (Lipinski definition) is 1. The van der Waals surface area contributed by atoms with Gasteiger partial charge in [-0.1, -0.05) is 42.5 Å². The lowest BCUT2D eigenvalue weighted by molar-refractivity contribution is -0.141. The molecule has 2 aromatic carbocycles. The first-order valence-electron chi connectivity index (χ1n) is 10.7. The molecule has 0 spiro atoms. The van der Waals surface area contributed by atoms with Crippen LogP contribution in [0.4, 0.5) is 4.39 Å². The normalized spacial score (nSPS) is 20.7. The van der Waals surface area contributed by atoms with Crippen LogP contribution in [-0.4, -0.2) is 52.7 Å². The molecule has 0 radical (unpaired) electrons. The van der Waals surface area contributed by atoms with Crippen molar-refractivity contribution < 1.29 is 18.8 Å². The predicted molar refractivity (Wildman–Crippen MR) is 113 cm³/mol. The SMILES string of the molecule is O=C(NCc1ccccc1)[C@H]1CCCN1C(=O)[C@H]1CCCN1C(=O)c1ccccc1F. The van der Waals surface area contributed by atoms with Gasteiger partial charge in [0.15, 0.2) is 0 Å². The summed E-state index contributed by atoms with van der Waals surface area (Å²) in [7, 11) is 0. The Morgan fingerprint density at radius 2 is 1.52 bits per heavy atom. The second-order valence-corrected chi connectivity index (χ2v) is 8.03. The van der Waals surface area contributed by atoms with E-state index < -0.39 is 23.8 Å². The van der Waals surface area contributed by atoms with Crippen LogP contribution >= 0.6 is 0 Å². The summed E-state index contributed by atoms with van der Waals surface area (Å²) in [5.41, 5.74) is 0.963. The van der Waals surface area contributed by atoms with Crippen molar-refractivity contribution in [1.29, 1.82) is 0 Å². The van der Waals surface area contributed by atoms with E-state index >= 15 is 0 Å². The number of nitrogens with one attached hydrogen (secondary N) is 1. The van der Waals surface area contributed by atoms with Gasteiger partial charge in [-0.3, -0.25) is 14.4 Å². The largest absolute Gasteiger partial charge is 0.350 e. The van der Waals surface area contributed by atoms with Gasteiger partial charge in [-0.05, 0) is 43.4 Å². The van der Waals surface area contributed by atoms with Crippen LogP contribution < -0.4 is 5.32 Å². The number of carbonyl (C=O) groups excluding carboxylic acids is 3. The summed E-state index contributed by atoms with van der Waals surface area (Å²) in [6, 6.07) is 14.2. The minimum absolute atomic E-state index is 0.0271. The van der Waals surface area contributed by atoms with E-state index in [1.165, 1.54) is 23.1 Å². The highest BCUT2D eigenvalue weighted by molar-refractivity contribution is 5.99. The van der Waals surface area contributed by atoms with E-state index in [0.717, 1.165) is 12.0 Å². The van der Waals surface area contributed by atoms with Crippen LogP contribution in [0.25, 0.3) is 0 Å². The Balaban J connectivity index is 1.44. The van der Waals surface area contributed by atoms with Crippen molar-refractivity contribution in [3.63, 3.8) is 0 Å². The first kappa shape index (κ1) is 21.0. The monoisotopic (exact) mass is 423 g/mol. The fourth-order valence-corrected chi connectivity index (χ4v) is 4.45. The highest BCUT2D eigenvalue weighted by Crippen LogP contribution is 2.27. The van der Waals surface area contributed by atoms with Gasteiger partial charge in [-0.25, -0.2) is 4.39 Å². The lowest BCUT2D eigenvalue weighted by Crippen LogP contribution is -2.52. The van der Waals surface area contributed by atoms with Crippen molar-refractivity contribution in [2.75, 3.05) is 13.1 Å². The zero-order valence-corrected chi connectivity index (χ0v) is 17.3. The number of hydrogen-bond acceptors (Lipinski definition) is 3. The molecule has 2 atom stereocenters. The van der Waals surface area contributed by atoms with Crippen molar-refractivity contribution in [2.24, 2.45) is 0 Å². The molecular weight excluding hydrogens is 397 g/mol. The van der Waals surface area contributed by atoms with Gasteiger partial charge in [0.2, 0.25) is 11.8 Å². The van der Waals surface area contributed by atoms with Crippen LogP contribution in [0.2, 0.25) is 0 Å². The number of amides is 3. The van der Waals surface area contributed by atoms with Gasteiger partial charge < -0.3 is 15.1 Å². The molecule has 0 bridgehead atoms. The second kappa shape index (κ2) is 9.29. The Kier molecular flexibility index (Phi) is 6.30.